The topological polar surface area (TPSA) is 32.3 Å². The second-order valence-electron chi connectivity index (χ2n) is 6.72. The summed E-state index contributed by atoms with van der Waals surface area (Å²) in [5.41, 5.74) is 2.12. The first-order valence-corrected chi connectivity index (χ1v) is 11.1. The Morgan fingerprint density at radius 3 is 2.58 bits per heavy atom. The maximum atomic E-state index is 12.3. The first kappa shape index (κ1) is 19.5. The molecule has 0 aliphatic carbocycles. The molecule has 1 heterocycles. The minimum Gasteiger partial charge on any atom is -0.352 e. The van der Waals surface area contributed by atoms with E-state index in [1.165, 1.54) is 10.5 Å². The molecular weight excluding hydrogens is 408 g/mol. The molecule has 1 saturated heterocycles. The van der Waals surface area contributed by atoms with Crippen LogP contribution in [0.5, 0.6) is 0 Å². The van der Waals surface area contributed by atoms with Crippen LogP contribution < -0.4 is 5.32 Å². The van der Waals surface area contributed by atoms with Gasteiger partial charge in [-0.1, -0.05) is 30.3 Å². The summed E-state index contributed by atoms with van der Waals surface area (Å²) in [6.07, 6.45) is 4.41. The molecule has 2 aromatic carbocycles. The molecule has 2 aromatic rings. The van der Waals surface area contributed by atoms with E-state index in [1.54, 1.807) is 0 Å². The Hall–Kier alpha value is -1.30. The number of likely N-dealkylation sites (tertiary alicyclic amines) is 1. The van der Waals surface area contributed by atoms with Crippen molar-refractivity contribution in [3.63, 3.8) is 0 Å². The van der Waals surface area contributed by atoms with Gasteiger partial charge in [0, 0.05) is 22.5 Å². The van der Waals surface area contributed by atoms with E-state index < -0.39 is 0 Å². The number of hydrogen-bond donors (Lipinski definition) is 1. The Morgan fingerprint density at radius 1 is 1.15 bits per heavy atom. The van der Waals surface area contributed by atoms with Gasteiger partial charge in [-0.15, -0.1) is 11.8 Å². The molecule has 3 rings (SSSR count). The van der Waals surface area contributed by atoms with Gasteiger partial charge in [-0.3, -0.25) is 9.69 Å². The lowest BCUT2D eigenvalue weighted by atomic mass is 9.96. The van der Waals surface area contributed by atoms with Gasteiger partial charge in [0.05, 0.1) is 5.56 Å². The number of amides is 1. The monoisotopic (exact) mass is 432 g/mol. The van der Waals surface area contributed by atoms with Crippen LogP contribution >= 0.6 is 27.7 Å². The lowest BCUT2D eigenvalue weighted by molar-refractivity contribution is 0.0934. The maximum absolute atomic E-state index is 12.3. The highest BCUT2D eigenvalue weighted by molar-refractivity contribution is 9.10. The molecule has 138 valence electrons. The lowest BCUT2D eigenvalue weighted by Crippen LogP contribution is -2.38. The van der Waals surface area contributed by atoms with E-state index >= 15 is 0 Å². The van der Waals surface area contributed by atoms with Gasteiger partial charge >= 0.3 is 0 Å². The van der Waals surface area contributed by atoms with Gasteiger partial charge in [0.25, 0.3) is 5.91 Å². The average Bonchev–Trinajstić information content (AvgIpc) is 2.68. The zero-order valence-corrected chi connectivity index (χ0v) is 17.5. The number of thioether (sulfide) groups is 1. The zero-order valence-electron chi connectivity index (χ0n) is 15.1. The van der Waals surface area contributed by atoms with Gasteiger partial charge in [0.2, 0.25) is 0 Å². The van der Waals surface area contributed by atoms with Gasteiger partial charge in [-0.25, -0.2) is 0 Å². The van der Waals surface area contributed by atoms with Crippen molar-refractivity contribution in [1.29, 1.82) is 0 Å². The van der Waals surface area contributed by atoms with Gasteiger partial charge in [0.15, 0.2) is 0 Å². The molecule has 1 aliphatic heterocycles. The van der Waals surface area contributed by atoms with E-state index in [9.17, 15) is 4.79 Å². The van der Waals surface area contributed by atoms with Gasteiger partial charge in [-0.2, -0.15) is 0 Å². The SMILES string of the molecule is CSc1ccccc1CN1CCC(CNC(=O)c2ccccc2Br)CC1. The molecule has 5 heteroatoms. The number of rotatable bonds is 6. The summed E-state index contributed by atoms with van der Waals surface area (Å²) in [7, 11) is 0. The maximum Gasteiger partial charge on any atom is 0.252 e. The van der Waals surface area contributed by atoms with Crippen LogP contribution in [0.3, 0.4) is 0 Å². The van der Waals surface area contributed by atoms with Crippen LogP contribution in [0.1, 0.15) is 28.8 Å². The van der Waals surface area contributed by atoms with Crippen LogP contribution in [0.2, 0.25) is 0 Å². The van der Waals surface area contributed by atoms with E-state index in [0.29, 0.717) is 11.5 Å². The van der Waals surface area contributed by atoms with Crippen LogP contribution in [0.25, 0.3) is 0 Å². The fraction of sp³-hybridized carbons (Fsp3) is 0.381. The van der Waals surface area contributed by atoms with Gasteiger partial charge < -0.3 is 5.32 Å². The Balaban J connectivity index is 1.45. The quantitative estimate of drug-likeness (QED) is 0.664. The molecule has 0 radical (unpaired) electrons. The van der Waals surface area contributed by atoms with E-state index in [2.05, 4.69) is 56.7 Å². The fourth-order valence-electron chi connectivity index (χ4n) is 3.40. The van der Waals surface area contributed by atoms with Crippen molar-refractivity contribution in [3.8, 4) is 0 Å². The summed E-state index contributed by atoms with van der Waals surface area (Å²) in [5.74, 6) is 0.572. The fourth-order valence-corrected chi connectivity index (χ4v) is 4.48. The van der Waals surface area contributed by atoms with Crippen molar-refractivity contribution >= 4 is 33.6 Å². The second-order valence-corrected chi connectivity index (χ2v) is 8.42. The molecule has 0 atom stereocenters. The zero-order chi connectivity index (χ0) is 18.4. The van der Waals surface area contributed by atoms with Crippen LogP contribution in [-0.4, -0.2) is 36.7 Å². The van der Waals surface area contributed by atoms with E-state index in [0.717, 1.165) is 43.5 Å². The smallest absolute Gasteiger partial charge is 0.252 e. The Labute approximate surface area is 168 Å². The van der Waals surface area contributed by atoms with Crippen LogP contribution in [0.4, 0.5) is 0 Å². The molecule has 0 spiro atoms. The molecule has 26 heavy (non-hydrogen) atoms. The molecule has 0 bridgehead atoms. The predicted octanol–water partition coefficient (Wildman–Crippen LogP) is 4.81. The third-order valence-corrected chi connectivity index (χ3v) is 6.49. The molecule has 1 amide bonds. The van der Waals surface area contributed by atoms with Crippen LogP contribution in [-0.2, 0) is 6.54 Å². The minimum atomic E-state index is 0.00815. The third-order valence-electron chi connectivity index (χ3n) is 4.96. The Kier molecular flexibility index (Phi) is 7.17. The van der Waals surface area contributed by atoms with Crippen molar-refractivity contribution in [2.45, 2.75) is 24.3 Å². The highest BCUT2D eigenvalue weighted by Crippen LogP contribution is 2.24. The van der Waals surface area contributed by atoms with Crippen LogP contribution in [0.15, 0.2) is 57.9 Å². The minimum absolute atomic E-state index is 0.00815. The number of benzene rings is 2. The van der Waals surface area contributed by atoms with Crippen LogP contribution in [0, 0.1) is 5.92 Å². The molecule has 1 fully saturated rings. The first-order chi connectivity index (χ1) is 12.7. The highest BCUT2D eigenvalue weighted by atomic mass is 79.9. The summed E-state index contributed by atoms with van der Waals surface area (Å²) in [4.78, 5) is 16.2. The average molecular weight is 433 g/mol. The molecule has 0 saturated carbocycles. The largest absolute Gasteiger partial charge is 0.352 e. The van der Waals surface area contributed by atoms with Gasteiger partial charge in [-0.05, 0) is 77.8 Å². The summed E-state index contributed by atoms with van der Waals surface area (Å²) in [6, 6.07) is 16.2. The highest BCUT2D eigenvalue weighted by Gasteiger charge is 2.21. The summed E-state index contributed by atoms with van der Waals surface area (Å²) in [6.45, 7) is 3.97. The number of hydrogen-bond acceptors (Lipinski definition) is 3. The van der Waals surface area contributed by atoms with Crippen molar-refractivity contribution < 1.29 is 4.79 Å². The molecule has 3 nitrogen and oxygen atoms in total. The van der Waals surface area contributed by atoms with Crippen molar-refractivity contribution in [2.24, 2.45) is 5.92 Å². The summed E-state index contributed by atoms with van der Waals surface area (Å²) in [5, 5.41) is 3.10. The first-order valence-electron chi connectivity index (χ1n) is 9.04. The molecule has 1 aliphatic rings. The van der Waals surface area contributed by atoms with Crippen molar-refractivity contribution in [1.82, 2.24) is 10.2 Å². The number of halogens is 1. The molecule has 0 unspecified atom stereocenters. The second kappa shape index (κ2) is 9.58. The number of nitrogens with zero attached hydrogens (tertiary/aromatic N) is 1. The van der Waals surface area contributed by atoms with E-state index in [-0.39, 0.29) is 5.91 Å². The molecular formula is C21H25BrN2OS. The normalized spacial score (nSPS) is 15.8. The van der Waals surface area contributed by atoms with Gasteiger partial charge in [0.1, 0.15) is 0 Å². The summed E-state index contributed by atoms with van der Waals surface area (Å²) < 4.78 is 0.847. The Morgan fingerprint density at radius 2 is 1.85 bits per heavy atom. The lowest BCUT2D eigenvalue weighted by Gasteiger charge is -2.32. The molecule has 0 aromatic heterocycles. The molecule has 1 N–H and O–H groups in total. The number of carbonyl (C=O) groups is 1. The number of nitrogens with one attached hydrogen (secondary N) is 1. The predicted molar refractivity (Wildman–Crippen MR) is 113 cm³/mol. The Bertz CT molecular complexity index is 744. The number of piperidine rings is 1. The third kappa shape index (κ3) is 5.12. The standard InChI is InChI=1S/C21H25BrN2OS/c1-26-20-9-5-2-6-17(20)15-24-12-10-16(11-13-24)14-23-21(25)18-7-3-4-8-19(18)22/h2-9,16H,10-15H2,1H3,(H,23,25). The van der Waals surface area contributed by atoms with Crippen molar-refractivity contribution in [3.05, 3.63) is 64.1 Å². The van der Waals surface area contributed by atoms with E-state index in [1.807, 2.05) is 36.0 Å². The number of carbonyl (C=O) groups excluding carboxylic acids is 1. The summed E-state index contributed by atoms with van der Waals surface area (Å²) >= 11 is 5.26. The van der Waals surface area contributed by atoms with Crippen molar-refractivity contribution in [2.75, 3.05) is 25.9 Å². The van der Waals surface area contributed by atoms with E-state index in [4.69, 9.17) is 0 Å².